The summed E-state index contributed by atoms with van der Waals surface area (Å²) >= 11 is 0. The van der Waals surface area contributed by atoms with E-state index in [2.05, 4.69) is 40.7 Å². The van der Waals surface area contributed by atoms with Crippen LogP contribution in [0.4, 0.5) is 0 Å². The van der Waals surface area contributed by atoms with E-state index in [1.54, 1.807) is 24.3 Å². The maximum atomic E-state index is 11.9. The normalized spacial score (nSPS) is 9.57. The van der Waals surface area contributed by atoms with Crippen LogP contribution in [0.2, 0.25) is 0 Å². The quantitative estimate of drug-likeness (QED) is 0.293. The topological polar surface area (TPSA) is 182 Å². The highest BCUT2D eigenvalue weighted by molar-refractivity contribution is 5.94. The summed E-state index contributed by atoms with van der Waals surface area (Å²) in [6, 6.07) is 6.49. The van der Waals surface area contributed by atoms with Crippen molar-refractivity contribution in [2.24, 2.45) is 10.2 Å². The molecule has 0 fully saturated rings. The molecule has 2 rings (SSSR count). The van der Waals surface area contributed by atoms with Crippen LogP contribution >= 0.6 is 0 Å². The maximum Gasteiger partial charge on any atom is 0.252 e. The molecule has 0 aliphatic rings. The Hall–Kier alpha value is -4.14. The standard InChI is InChI=1S/C16H16N10O2/c17-25-23-7-5-19-15(27)11-1-3-13(21-9-11)14-4-2-12(10-22-14)16(28)20-6-8-24-26-18/h1-4,9-10H,5-8H2,(H,19,27)(H,20,28). The number of carbonyl (C=O) groups excluding carboxylic acids is 2. The molecule has 0 saturated heterocycles. The molecule has 12 nitrogen and oxygen atoms in total. The van der Waals surface area contributed by atoms with Crippen LogP contribution in [-0.4, -0.2) is 48.0 Å². The van der Waals surface area contributed by atoms with Gasteiger partial charge in [0.15, 0.2) is 0 Å². The number of rotatable bonds is 9. The number of nitrogens with zero attached hydrogens (tertiary/aromatic N) is 8. The van der Waals surface area contributed by atoms with Gasteiger partial charge in [0.05, 0.1) is 22.5 Å². The van der Waals surface area contributed by atoms with E-state index in [0.29, 0.717) is 22.5 Å². The minimum Gasteiger partial charge on any atom is -0.352 e. The van der Waals surface area contributed by atoms with E-state index < -0.39 is 0 Å². The molecule has 0 aliphatic carbocycles. The summed E-state index contributed by atoms with van der Waals surface area (Å²) in [5.74, 6) is -0.652. The number of pyridine rings is 2. The van der Waals surface area contributed by atoms with Crippen molar-refractivity contribution < 1.29 is 9.59 Å². The molecule has 0 saturated carbocycles. The van der Waals surface area contributed by atoms with E-state index in [9.17, 15) is 9.59 Å². The van der Waals surface area contributed by atoms with Gasteiger partial charge in [-0.05, 0) is 35.3 Å². The van der Waals surface area contributed by atoms with E-state index >= 15 is 0 Å². The predicted octanol–water partition coefficient (Wildman–Crippen LogP) is 2.22. The van der Waals surface area contributed by atoms with Gasteiger partial charge in [0.1, 0.15) is 0 Å². The number of aromatic nitrogens is 2. The Balaban J connectivity index is 1.96. The summed E-state index contributed by atoms with van der Waals surface area (Å²) in [6.07, 6.45) is 2.83. The summed E-state index contributed by atoms with van der Waals surface area (Å²) in [4.78, 5) is 37.5. The van der Waals surface area contributed by atoms with Gasteiger partial charge in [0, 0.05) is 48.4 Å². The number of nitrogens with one attached hydrogen (secondary N) is 2. The summed E-state index contributed by atoms with van der Waals surface area (Å²) in [7, 11) is 0. The fourth-order valence-electron chi connectivity index (χ4n) is 2.09. The second-order valence-electron chi connectivity index (χ2n) is 5.28. The van der Waals surface area contributed by atoms with Crippen molar-refractivity contribution in [2.45, 2.75) is 0 Å². The zero-order valence-corrected chi connectivity index (χ0v) is 14.7. The van der Waals surface area contributed by atoms with E-state index in [1.165, 1.54) is 12.4 Å². The molecule has 28 heavy (non-hydrogen) atoms. The van der Waals surface area contributed by atoms with Crippen molar-refractivity contribution >= 4 is 11.8 Å². The Bertz CT molecular complexity index is 836. The van der Waals surface area contributed by atoms with Crippen LogP contribution in [0.25, 0.3) is 32.3 Å². The van der Waals surface area contributed by atoms with Crippen LogP contribution in [0.1, 0.15) is 20.7 Å². The van der Waals surface area contributed by atoms with Crippen LogP contribution in [0.15, 0.2) is 46.9 Å². The molecule has 2 heterocycles. The van der Waals surface area contributed by atoms with Gasteiger partial charge >= 0.3 is 0 Å². The van der Waals surface area contributed by atoms with Crippen LogP contribution < -0.4 is 10.6 Å². The first-order valence-electron chi connectivity index (χ1n) is 8.16. The zero-order valence-electron chi connectivity index (χ0n) is 14.7. The van der Waals surface area contributed by atoms with Crippen molar-refractivity contribution in [1.29, 1.82) is 0 Å². The first kappa shape index (κ1) is 20.2. The molecule has 2 N–H and O–H groups in total. The van der Waals surface area contributed by atoms with Crippen LogP contribution in [0.3, 0.4) is 0 Å². The van der Waals surface area contributed by atoms with Gasteiger partial charge in [-0.3, -0.25) is 19.6 Å². The van der Waals surface area contributed by atoms with Crippen molar-refractivity contribution in [3.63, 3.8) is 0 Å². The van der Waals surface area contributed by atoms with Crippen LogP contribution in [-0.2, 0) is 0 Å². The van der Waals surface area contributed by atoms with Gasteiger partial charge in [0.25, 0.3) is 11.8 Å². The van der Waals surface area contributed by atoms with Crippen molar-refractivity contribution in [2.75, 3.05) is 26.2 Å². The Morgan fingerprint density at radius 3 is 1.57 bits per heavy atom. The van der Waals surface area contributed by atoms with Gasteiger partial charge in [-0.2, -0.15) is 0 Å². The minimum absolute atomic E-state index is 0.170. The van der Waals surface area contributed by atoms with Gasteiger partial charge in [-0.15, -0.1) is 0 Å². The summed E-state index contributed by atoms with van der Waals surface area (Å²) in [5.41, 5.74) is 18.2. The summed E-state index contributed by atoms with van der Waals surface area (Å²) in [5, 5.41) is 11.9. The van der Waals surface area contributed by atoms with Gasteiger partial charge < -0.3 is 10.6 Å². The maximum absolute atomic E-state index is 11.9. The molecule has 0 radical (unpaired) electrons. The van der Waals surface area contributed by atoms with Gasteiger partial charge in [-0.25, -0.2) is 0 Å². The molecule has 0 unspecified atom stereocenters. The highest BCUT2D eigenvalue weighted by Crippen LogP contribution is 2.15. The molecular weight excluding hydrogens is 364 g/mol. The first-order chi connectivity index (χ1) is 13.7. The fourth-order valence-corrected chi connectivity index (χ4v) is 2.09. The first-order valence-corrected chi connectivity index (χ1v) is 8.16. The molecule has 12 heteroatoms. The Morgan fingerprint density at radius 1 is 0.821 bits per heavy atom. The monoisotopic (exact) mass is 380 g/mol. The lowest BCUT2D eigenvalue weighted by molar-refractivity contribution is 0.0946. The second kappa shape index (κ2) is 10.8. The molecule has 0 aromatic carbocycles. The van der Waals surface area contributed by atoms with Crippen molar-refractivity contribution in [3.8, 4) is 11.4 Å². The molecule has 0 bridgehead atoms. The number of hydrogen-bond acceptors (Lipinski definition) is 6. The average molecular weight is 380 g/mol. The third-order valence-electron chi connectivity index (χ3n) is 3.43. The van der Waals surface area contributed by atoms with E-state index in [-0.39, 0.29) is 38.0 Å². The number of azide groups is 2. The number of hydrogen-bond donors (Lipinski definition) is 2. The Morgan fingerprint density at radius 2 is 1.25 bits per heavy atom. The second-order valence-corrected chi connectivity index (χ2v) is 5.28. The Labute approximate surface area is 159 Å². The lowest BCUT2D eigenvalue weighted by atomic mass is 10.1. The third-order valence-corrected chi connectivity index (χ3v) is 3.43. The average Bonchev–Trinajstić information content (AvgIpc) is 2.74. The highest BCUT2D eigenvalue weighted by atomic mass is 16.2. The van der Waals surface area contributed by atoms with E-state index in [1.807, 2.05) is 0 Å². The number of carbonyl (C=O) groups is 2. The number of amides is 2. The molecule has 0 spiro atoms. The molecule has 0 aliphatic heterocycles. The summed E-state index contributed by atoms with van der Waals surface area (Å²) < 4.78 is 0. The van der Waals surface area contributed by atoms with E-state index in [4.69, 9.17) is 11.1 Å². The van der Waals surface area contributed by atoms with Crippen molar-refractivity contribution in [3.05, 3.63) is 68.7 Å². The molecular formula is C16H16N10O2. The minimum atomic E-state index is -0.326. The molecule has 0 atom stereocenters. The highest BCUT2D eigenvalue weighted by Gasteiger charge is 2.09. The zero-order chi connectivity index (χ0) is 20.2. The lowest BCUT2D eigenvalue weighted by Gasteiger charge is -2.06. The van der Waals surface area contributed by atoms with Crippen molar-refractivity contribution in [1.82, 2.24) is 20.6 Å². The van der Waals surface area contributed by atoms with Gasteiger partial charge in [0.2, 0.25) is 0 Å². The lowest BCUT2D eigenvalue weighted by Crippen LogP contribution is -2.26. The molecule has 2 amide bonds. The van der Waals surface area contributed by atoms with E-state index in [0.717, 1.165) is 0 Å². The van der Waals surface area contributed by atoms with Gasteiger partial charge in [-0.1, -0.05) is 10.2 Å². The predicted molar refractivity (Wildman–Crippen MR) is 100 cm³/mol. The molecule has 142 valence electrons. The van der Waals surface area contributed by atoms with Crippen LogP contribution in [0.5, 0.6) is 0 Å². The SMILES string of the molecule is [N-]=[N+]=NCCNC(=O)c1ccc(-c2ccc(C(=O)NCCN=[N+]=[N-])cn2)nc1. The Kier molecular flexibility index (Phi) is 7.75. The molecule has 2 aromatic heterocycles. The third kappa shape index (κ3) is 5.99. The summed E-state index contributed by atoms with van der Waals surface area (Å²) in [6.45, 7) is 0.809. The van der Waals surface area contributed by atoms with Crippen LogP contribution in [0, 0.1) is 0 Å². The fraction of sp³-hybridized carbons (Fsp3) is 0.250. The molecule has 2 aromatic rings. The smallest absolute Gasteiger partial charge is 0.252 e. The largest absolute Gasteiger partial charge is 0.352 e.